The molecule has 4 nitrogen and oxygen atoms in total. The number of aryl methyl sites for hydroxylation is 2. The van der Waals surface area contributed by atoms with Gasteiger partial charge in [-0.05, 0) is 26.0 Å². The molecule has 2 aromatic rings. The van der Waals surface area contributed by atoms with Crippen molar-refractivity contribution < 1.29 is 0 Å². The molecule has 0 aliphatic rings. The minimum Gasteiger partial charge on any atom is -0.377 e. The lowest BCUT2D eigenvalue weighted by molar-refractivity contribution is 0.640. The van der Waals surface area contributed by atoms with Crippen molar-refractivity contribution in [1.82, 2.24) is 14.3 Å². The highest BCUT2D eigenvalue weighted by Crippen LogP contribution is 2.14. The summed E-state index contributed by atoms with van der Waals surface area (Å²) in [5, 5.41) is 7.71. The molecule has 0 saturated carbocycles. The fraction of sp³-hybridized carbons (Fsp3) is 0.417. The van der Waals surface area contributed by atoms with Gasteiger partial charge in [-0.2, -0.15) is 5.10 Å². The van der Waals surface area contributed by atoms with Crippen molar-refractivity contribution in [1.29, 1.82) is 0 Å². The third-order valence-electron chi connectivity index (χ3n) is 2.91. The molecule has 4 heteroatoms. The molecule has 2 heterocycles. The number of hydrogen-bond acceptors (Lipinski definition) is 2. The van der Waals surface area contributed by atoms with Crippen molar-refractivity contribution in [2.75, 3.05) is 5.32 Å². The van der Waals surface area contributed by atoms with Gasteiger partial charge in [-0.1, -0.05) is 0 Å². The average molecular weight is 218 g/mol. The summed E-state index contributed by atoms with van der Waals surface area (Å²) in [4.78, 5) is 0. The van der Waals surface area contributed by atoms with Crippen LogP contribution in [-0.2, 0) is 20.1 Å². The first-order valence-corrected chi connectivity index (χ1v) is 5.59. The van der Waals surface area contributed by atoms with Gasteiger partial charge in [0.05, 0.1) is 24.1 Å². The predicted molar refractivity (Wildman–Crippen MR) is 65.4 cm³/mol. The SMILES string of the molecule is CCn1ncc(NCc2cccn2C)c1C. The molecule has 2 aromatic heterocycles. The van der Waals surface area contributed by atoms with Crippen molar-refractivity contribution in [2.45, 2.75) is 26.9 Å². The van der Waals surface area contributed by atoms with Gasteiger partial charge in [-0.15, -0.1) is 0 Å². The minimum absolute atomic E-state index is 0.833. The first kappa shape index (κ1) is 10.8. The van der Waals surface area contributed by atoms with E-state index in [2.05, 4.69) is 54.2 Å². The molecule has 0 saturated heterocycles. The molecular formula is C12H18N4. The zero-order valence-electron chi connectivity index (χ0n) is 10.1. The van der Waals surface area contributed by atoms with Gasteiger partial charge in [0, 0.05) is 25.5 Å². The first-order chi connectivity index (χ1) is 7.72. The normalized spacial score (nSPS) is 10.7. The summed E-state index contributed by atoms with van der Waals surface area (Å²) < 4.78 is 4.11. The molecule has 0 bridgehead atoms. The van der Waals surface area contributed by atoms with Crippen LogP contribution in [0, 0.1) is 6.92 Å². The zero-order chi connectivity index (χ0) is 11.5. The Bertz CT molecular complexity index is 467. The second-order valence-electron chi connectivity index (χ2n) is 3.92. The Labute approximate surface area is 95.9 Å². The van der Waals surface area contributed by atoms with Crippen molar-refractivity contribution in [3.8, 4) is 0 Å². The van der Waals surface area contributed by atoms with Crippen LogP contribution in [0.5, 0.6) is 0 Å². The molecule has 0 unspecified atom stereocenters. The van der Waals surface area contributed by atoms with E-state index in [1.165, 1.54) is 11.4 Å². The highest BCUT2D eigenvalue weighted by molar-refractivity contribution is 5.46. The van der Waals surface area contributed by atoms with Crippen LogP contribution >= 0.6 is 0 Å². The van der Waals surface area contributed by atoms with Gasteiger partial charge in [0.1, 0.15) is 0 Å². The molecule has 86 valence electrons. The number of rotatable bonds is 4. The molecule has 16 heavy (non-hydrogen) atoms. The van der Waals surface area contributed by atoms with Crippen molar-refractivity contribution in [3.63, 3.8) is 0 Å². The number of aromatic nitrogens is 3. The van der Waals surface area contributed by atoms with Crippen LogP contribution in [0.3, 0.4) is 0 Å². The second-order valence-corrected chi connectivity index (χ2v) is 3.92. The van der Waals surface area contributed by atoms with Crippen LogP contribution in [0.4, 0.5) is 5.69 Å². The molecule has 0 fully saturated rings. The first-order valence-electron chi connectivity index (χ1n) is 5.59. The maximum Gasteiger partial charge on any atom is 0.0759 e. The fourth-order valence-corrected chi connectivity index (χ4v) is 1.80. The van der Waals surface area contributed by atoms with E-state index >= 15 is 0 Å². The van der Waals surface area contributed by atoms with Crippen LogP contribution < -0.4 is 5.32 Å². The Hall–Kier alpha value is -1.71. The van der Waals surface area contributed by atoms with Gasteiger partial charge in [-0.25, -0.2) is 0 Å². The Morgan fingerprint density at radius 1 is 1.44 bits per heavy atom. The molecule has 0 atom stereocenters. The monoisotopic (exact) mass is 218 g/mol. The Morgan fingerprint density at radius 2 is 2.25 bits per heavy atom. The van der Waals surface area contributed by atoms with Gasteiger partial charge < -0.3 is 9.88 Å². The summed E-state index contributed by atoms with van der Waals surface area (Å²) in [5.41, 5.74) is 3.57. The van der Waals surface area contributed by atoms with E-state index in [0.29, 0.717) is 0 Å². The average Bonchev–Trinajstić information content (AvgIpc) is 2.83. The lowest BCUT2D eigenvalue weighted by atomic mass is 10.3. The number of nitrogens with zero attached hydrogens (tertiary/aromatic N) is 3. The summed E-state index contributed by atoms with van der Waals surface area (Å²) in [6.45, 7) is 5.93. The standard InChI is InChI=1S/C12H18N4/c1-4-16-10(2)12(9-14-16)13-8-11-6-5-7-15(11)3/h5-7,9,13H,4,8H2,1-3H3. The quantitative estimate of drug-likeness (QED) is 0.853. The highest BCUT2D eigenvalue weighted by Gasteiger charge is 2.04. The molecule has 1 N–H and O–H groups in total. The van der Waals surface area contributed by atoms with Crippen LogP contribution in [0.2, 0.25) is 0 Å². The number of hydrogen-bond donors (Lipinski definition) is 1. The zero-order valence-corrected chi connectivity index (χ0v) is 10.1. The van der Waals surface area contributed by atoms with E-state index in [4.69, 9.17) is 0 Å². The van der Waals surface area contributed by atoms with Crippen LogP contribution in [0.25, 0.3) is 0 Å². The molecule has 0 aliphatic heterocycles. The summed E-state index contributed by atoms with van der Waals surface area (Å²) >= 11 is 0. The van der Waals surface area contributed by atoms with Gasteiger partial charge >= 0.3 is 0 Å². The molecule has 2 rings (SSSR count). The number of nitrogens with one attached hydrogen (secondary N) is 1. The predicted octanol–water partition coefficient (Wildman–Crippen LogP) is 2.16. The smallest absolute Gasteiger partial charge is 0.0759 e. The maximum atomic E-state index is 4.30. The van der Waals surface area contributed by atoms with Gasteiger partial charge in [-0.3, -0.25) is 4.68 Å². The van der Waals surface area contributed by atoms with Crippen LogP contribution in [0.15, 0.2) is 24.5 Å². The topological polar surface area (TPSA) is 34.8 Å². The van der Waals surface area contributed by atoms with Crippen molar-refractivity contribution >= 4 is 5.69 Å². The van der Waals surface area contributed by atoms with E-state index in [9.17, 15) is 0 Å². The maximum absolute atomic E-state index is 4.30. The third kappa shape index (κ3) is 1.96. The lowest BCUT2D eigenvalue weighted by Crippen LogP contribution is -2.05. The minimum atomic E-state index is 0.833. The van der Waals surface area contributed by atoms with Gasteiger partial charge in [0.2, 0.25) is 0 Å². The van der Waals surface area contributed by atoms with E-state index in [1.54, 1.807) is 0 Å². The fourth-order valence-electron chi connectivity index (χ4n) is 1.80. The Morgan fingerprint density at radius 3 is 2.81 bits per heavy atom. The second kappa shape index (κ2) is 4.43. The van der Waals surface area contributed by atoms with Crippen molar-refractivity contribution in [3.05, 3.63) is 35.9 Å². The summed E-state index contributed by atoms with van der Waals surface area (Å²) in [6.07, 6.45) is 3.95. The Kier molecular flexibility index (Phi) is 2.99. The lowest BCUT2D eigenvalue weighted by Gasteiger charge is -2.07. The molecular weight excluding hydrogens is 200 g/mol. The third-order valence-corrected chi connectivity index (χ3v) is 2.91. The molecule has 0 aromatic carbocycles. The summed E-state index contributed by atoms with van der Waals surface area (Å²) in [6, 6.07) is 4.17. The molecule has 0 spiro atoms. The largest absolute Gasteiger partial charge is 0.377 e. The van der Waals surface area contributed by atoms with Gasteiger partial charge in [0.25, 0.3) is 0 Å². The van der Waals surface area contributed by atoms with Crippen LogP contribution in [-0.4, -0.2) is 14.3 Å². The van der Waals surface area contributed by atoms with E-state index < -0.39 is 0 Å². The Balaban J connectivity index is 2.05. The highest BCUT2D eigenvalue weighted by atomic mass is 15.3. The summed E-state index contributed by atoms with van der Waals surface area (Å²) in [7, 11) is 2.05. The van der Waals surface area contributed by atoms with E-state index in [1.807, 2.05) is 10.9 Å². The van der Waals surface area contributed by atoms with Crippen molar-refractivity contribution in [2.24, 2.45) is 7.05 Å². The summed E-state index contributed by atoms with van der Waals surface area (Å²) in [5.74, 6) is 0. The van der Waals surface area contributed by atoms with E-state index in [0.717, 1.165) is 18.8 Å². The molecule has 0 amide bonds. The van der Waals surface area contributed by atoms with Crippen LogP contribution in [0.1, 0.15) is 18.3 Å². The molecule has 0 radical (unpaired) electrons. The number of anilines is 1. The van der Waals surface area contributed by atoms with E-state index in [-0.39, 0.29) is 0 Å². The molecule has 0 aliphatic carbocycles. The van der Waals surface area contributed by atoms with Gasteiger partial charge in [0.15, 0.2) is 0 Å².